The van der Waals surface area contributed by atoms with E-state index >= 15 is 0 Å². The summed E-state index contributed by atoms with van der Waals surface area (Å²) in [5, 5.41) is 9.71. The van der Waals surface area contributed by atoms with Gasteiger partial charge >= 0.3 is 0 Å². The normalized spacial score (nSPS) is 13.4. The third-order valence-corrected chi connectivity index (χ3v) is 2.03. The third-order valence-electron chi connectivity index (χ3n) is 2.03. The Morgan fingerprint density at radius 3 is 2.62 bits per heavy atom. The molecule has 1 unspecified atom stereocenters. The van der Waals surface area contributed by atoms with Crippen LogP contribution in [0, 0.1) is 0 Å². The van der Waals surface area contributed by atoms with E-state index in [1.165, 1.54) is 0 Å². The molecule has 0 aliphatic heterocycles. The molecular weight excluding hydrogens is 160 g/mol. The van der Waals surface area contributed by atoms with Gasteiger partial charge in [0.25, 0.3) is 0 Å². The average Bonchev–Trinajstić information content (AvgIpc) is 2.19. The van der Waals surface area contributed by atoms with Gasteiger partial charge in [-0.05, 0) is 25.3 Å². The summed E-state index contributed by atoms with van der Waals surface area (Å²) < 4.78 is 0. The Labute approximate surface area is 79.7 Å². The third kappa shape index (κ3) is 3.43. The van der Waals surface area contributed by atoms with Gasteiger partial charge in [0.05, 0.1) is 6.10 Å². The maximum atomic E-state index is 9.71. The van der Waals surface area contributed by atoms with Crippen LogP contribution in [-0.2, 0) is 0 Å². The Morgan fingerprint density at radius 1 is 1.31 bits per heavy atom. The van der Waals surface area contributed by atoms with Crippen molar-refractivity contribution in [1.29, 1.82) is 0 Å². The topological polar surface area (TPSA) is 20.2 Å². The van der Waals surface area contributed by atoms with Crippen LogP contribution in [0.2, 0.25) is 0 Å². The fourth-order valence-electron chi connectivity index (χ4n) is 1.26. The van der Waals surface area contributed by atoms with Crippen LogP contribution in [0.15, 0.2) is 42.5 Å². The van der Waals surface area contributed by atoms with E-state index in [2.05, 4.69) is 6.08 Å². The second-order valence-corrected chi connectivity index (χ2v) is 3.07. The Balaban J connectivity index is 2.44. The molecule has 0 saturated heterocycles. The van der Waals surface area contributed by atoms with Crippen LogP contribution >= 0.6 is 0 Å². The lowest BCUT2D eigenvalue weighted by atomic mass is 10.1. The molecule has 70 valence electrons. The molecule has 1 N–H and O–H groups in total. The van der Waals surface area contributed by atoms with Crippen LogP contribution in [0.4, 0.5) is 0 Å². The Bertz CT molecular complexity index is 251. The standard InChI is InChI=1S/C12H16O/c1-2-3-5-10-12(13)11-8-6-4-7-9-11/h2-4,6-9,12-13H,5,10H2,1H3. The summed E-state index contributed by atoms with van der Waals surface area (Å²) in [6.45, 7) is 1.99. The van der Waals surface area contributed by atoms with Crippen LogP contribution in [0.1, 0.15) is 31.4 Å². The summed E-state index contributed by atoms with van der Waals surface area (Å²) >= 11 is 0. The molecule has 0 radical (unpaired) electrons. The number of allylic oxidation sites excluding steroid dienone is 2. The number of rotatable bonds is 4. The molecule has 1 aromatic carbocycles. The summed E-state index contributed by atoms with van der Waals surface area (Å²) in [5.74, 6) is 0. The highest BCUT2D eigenvalue weighted by Crippen LogP contribution is 2.17. The summed E-state index contributed by atoms with van der Waals surface area (Å²) in [5.41, 5.74) is 1.01. The molecule has 0 fully saturated rings. The molecule has 0 aromatic heterocycles. The van der Waals surface area contributed by atoms with Crippen molar-refractivity contribution in [2.75, 3.05) is 0 Å². The van der Waals surface area contributed by atoms with E-state index in [1.807, 2.05) is 43.3 Å². The largest absolute Gasteiger partial charge is 0.388 e. The van der Waals surface area contributed by atoms with Gasteiger partial charge in [0.2, 0.25) is 0 Å². The van der Waals surface area contributed by atoms with Crippen molar-refractivity contribution in [2.24, 2.45) is 0 Å². The van der Waals surface area contributed by atoms with Crippen molar-refractivity contribution >= 4 is 0 Å². The number of aliphatic hydroxyl groups excluding tert-OH is 1. The second-order valence-electron chi connectivity index (χ2n) is 3.07. The highest BCUT2D eigenvalue weighted by molar-refractivity contribution is 5.17. The minimum Gasteiger partial charge on any atom is -0.388 e. The van der Waals surface area contributed by atoms with Crippen molar-refractivity contribution in [2.45, 2.75) is 25.9 Å². The van der Waals surface area contributed by atoms with Gasteiger partial charge in [-0.1, -0.05) is 42.5 Å². The van der Waals surface area contributed by atoms with Gasteiger partial charge in [-0.2, -0.15) is 0 Å². The van der Waals surface area contributed by atoms with Crippen molar-refractivity contribution in [3.63, 3.8) is 0 Å². The summed E-state index contributed by atoms with van der Waals surface area (Å²) in [7, 11) is 0. The van der Waals surface area contributed by atoms with Gasteiger partial charge in [-0.3, -0.25) is 0 Å². The van der Waals surface area contributed by atoms with Crippen molar-refractivity contribution < 1.29 is 5.11 Å². The predicted octanol–water partition coefficient (Wildman–Crippen LogP) is 3.08. The van der Waals surface area contributed by atoms with E-state index < -0.39 is 0 Å². The fourth-order valence-corrected chi connectivity index (χ4v) is 1.26. The van der Waals surface area contributed by atoms with E-state index in [1.54, 1.807) is 0 Å². The molecule has 0 spiro atoms. The van der Waals surface area contributed by atoms with E-state index in [0.29, 0.717) is 0 Å². The highest BCUT2D eigenvalue weighted by Gasteiger charge is 2.03. The first kappa shape index (κ1) is 10.0. The first-order chi connectivity index (χ1) is 6.34. The van der Waals surface area contributed by atoms with Gasteiger partial charge in [-0.15, -0.1) is 0 Å². The van der Waals surface area contributed by atoms with Gasteiger partial charge < -0.3 is 5.11 Å². The second kappa shape index (κ2) is 5.55. The monoisotopic (exact) mass is 176 g/mol. The maximum Gasteiger partial charge on any atom is 0.0793 e. The molecule has 1 atom stereocenters. The maximum absolute atomic E-state index is 9.71. The van der Waals surface area contributed by atoms with Crippen LogP contribution in [0.5, 0.6) is 0 Å². The number of hydrogen-bond donors (Lipinski definition) is 1. The molecule has 0 aliphatic rings. The first-order valence-electron chi connectivity index (χ1n) is 4.68. The fraction of sp³-hybridized carbons (Fsp3) is 0.333. The van der Waals surface area contributed by atoms with Crippen molar-refractivity contribution in [3.8, 4) is 0 Å². The van der Waals surface area contributed by atoms with Gasteiger partial charge in [0, 0.05) is 0 Å². The Kier molecular flexibility index (Phi) is 4.27. The Hall–Kier alpha value is -1.08. The van der Waals surface area contributed by atoms with Gasteiger partial charge in [-0.25, -0.2) is 0 Å². The zero-order chi connectivity index (χ0) is 9.52. The summed E-state index contributed by atoms with van der Waals surface area (Å²) in [6.07, 6.45) is 5.50. The van der Waals surface area contributed by atoms with Crippen LogP contribution in [0.25, 0.3) is 0 Å². The minimum atomic E-state index is -0.322. The molecule has 0 bridgehead atoms. The van der Waals surface area contributed by atoms with Gasteiger partial charge in [0.1, 0.15) is 0 Å². The van der Waals surface area contributed by atoms with Crippen molar-refractivity contribution in [1.82, 2.24) is 0 Å². The van der Waals surface area contributed by atoms with Crippen LogP contribution < -0.4 is 0 Å². The highest BCUT2D eigenvalue weighted by atomic mass is 16.3. The molecule has 0 saturated carbocycles. The van der Waals surface area contributed by atoms with Crippen molar-refractivity contribution in [3.05, 3.63) is 48.0 Å². The first-order valence-corrected chi connectivity index (χ1v) is 4.68. The molecule has 0 aliphatic carbocycles. The summed E-state index contributed by atoms with van der Waals surface area (Å²) in [6, 6.07) is 9.78. The lowest BCUT2D eigenvalue weighted by Crippen LogP contribution is -1.95. The quantitative estimate of drug-likeness (QED) is 0.699. The lowest BCUT2D eigenvalue weighted by Gasteiger charge is -2.08. The number of aliphatic hydroxyl groups is 1. The smallest absolute Gasteiger partial charge is 0.0793 e. The molecule has 0 amide bonds. The molecule has 1 heteroatoms. The predicted molar refractivity (Wildman–Crippen MR) is 55.4 cm³/mol. The number of benzene rings is 1. The average molecular weight is 176 g/mol. The van der Waals surface area contributed by atoms with E-state index in [0.717, 1.165) is 18.4 Å². The van der Waals surface area contributed by atoms with Gasteiger partial charge in [0.15, 0.2) is 0 Å². The zero-order valence-corrected chi connectivity index (χ0v) is 7.98. The zero-order valence-electron chi connectivity index (χ0n) is 7.98. The number of hydrogen-bond acceptors (Lipinski definition) is 1. The van der Waals surface area contributed by atoms with Crippen LogP contribution in [0.3, 0.4) is 0 Å². The summed E-state index contributed by atoms with van der Waals surface area (Å²) in [4.78, 5) is 0. The molecular formula is C12H16O. The molecule has 1 aromatic rings. The SMILES string of the molecule is CC=CCCC(O)c1ccccc1. The Morgan fingerprint density at radius 2 is 2.00 bits per heavy atom. The van der Waals surface area contributed by atoms with E-state index in [-0.39, 0.29) is 6.10 Å². The molecule has 0 heterocycles. The van der Waals surface area contributed by atoms with E-state index in [4.69, 9.17) is 0 Å². The molecule has 1 rings (SSSR count). The molecule has 1 nitrogen and oxygen atoms in total. The van der Waals surface area contributed by atoms with Crippen LogP contribution in [-0.4, -0.2) is 5.11 Å². The minimum absolute atomic E-state index is 0.322. The lowest BCUT2D eigenvalue weighted by molar-refractivity contribution is 0.169. The van der Waals surface area contributed by atoms with E-state index in [9.17, 15) is 5.11 Å². The molecule has 13 heavy (non-hydrogen) atoms.